The highest BCUT2D eigenvalue weighted by Gasteiger charge is 2.32. The number of amides is 1. The Morgan fingerprint density at radius 2 is 1.76 bits per heavy atom. The lowest BCUT2D eigenvalue weighted by molar-refractivity contribution is -0.120. The van der Waals surface area contributed by atoms with E-state index < -0.39 is 10.0 Å². The van der Waals surface area contributed by atoms with Crippen molar-refractivity contribution in [2.75, 3.05) is 25.2 Å². The number of anilines is 1. The zero-order valence-corrected chi connectivity index (χ0v) is 21.9. The molecule has 0 unspecified atom stereocenters. The Bertz CT molecular complexity index is 1560. The number of piperidine rings is 1. The summed E-state index contributed by atoms with van der Waals surface area (Å²) < 4.78 is 40.9. The van der Waals surface area contributed by atoms with E-state index in [1.165, 1.54) is 15.6 Å². The SMILES string of the molecule is Cc1ccc(S(=O)(=O)N2CCC(C(=O)Nc3cc(C)nn3-c3nc4cc5c(cc4s3)OCO5)CC2)cc1. The molecule has 4 aromatic rings. The first kappa shape index (κ1) is 23.9. The first-order valence-electron chi connectivity index (χ1n) is 11.9. The Hall–Kier alpha value is -3.48. The van der Waals surface area contributed by atoms with Crippen molar-refractivity contribution in [1.82, 2.24) is 19.1 Å². The van der Waals surface area contributed by atoms with E-state index >= 15 is 0 Å². The number of nitrogens with zero attached hydrogens (tertiary/aromatic N) is 4. The standard InChI is InChI=1S/C25H25N5O5S2/c1-15-3-5-18(6-4-15)37(32,33)29-9-7-17(8-10-29)24(31)27-23-11-16(2)28-30(23)25-26-19-12-20-21(35-14-34-20)13-22(19)36-25/h3-6,11-13,17H,7-10,14H2,1-2H3,(H,27,31). The van der Waals surface area contributed by atoms with E-state index in [1.54, 1.807) is 35.0 Å². The molecule has 2 aliphatic rings. The second kappa shape index (κ2) is 9.12. The number of carbonyl (C=O) groups is 1. The van der Waals surface area contributed by atoms with Crippen LogP contribution in [0.25, 0.3) is 15.3 Å². The van der Waals surface area contributed by atoms with E-state index in [-0.39, 0.29) is 23.5 Å². The van der Waals surface area contributed by atoms with E-state index in [0.717, 1.165) is 21.5 Å². The largest absolute Gasteiger partial charge is 0.454 e. The molecule has 0 bridgehead atoms. The number of hydrogen-bond donors (Lipinski definition) is 1. The van der Waals surface area contributed by atoms with Crippen molar-refractivity contribution in [3.63, 3.8) is 0 Å². The molecule has 2 aliphatic heterocycles. The fraction of sp³-hybridized carbons (Fsp3) is 0.320. The molecule has 12 heteroatoms. The van der Waals surface area contributed by atoms with Gasteiger partial charge in [-0.3, -0.25) is 4.79 Å². The molecule has 1 N–H and O–H groups in total. The average Bonchev–Trinajstić information content (AvgIpc) is 3.60. The number of aryl methyl sites for hydroxylation is 2. The predicted octanol–water partition coefficient (Wildman–Crippen LogP) is 3.87. The van der Waals surface area contributed by atoms with Gasteiger partial charge in [-0.25, -0.2) is 13.4 Å². The second-order valence-corrected chi connectivity index (χ2v) is 12.2. The van der Waals surface area contributed by atoms with Crippen molar-refractivity contribution < 1.29 is 22.7 Å². The van der Waals surface area contributed by atoms with Gasteiger partial charge in [0.25, 0.3) is 0 Å². The minimum absolute atomic E-state index is 0.157. The summed E-state index contributed by atoms with van der Waals surface area (Å²) in [6.07, 6.45) is 0.882. The molecule has 10 nitrogen and oxygen atoms in total. The van der Waals surface area contributed by atoms with Gasteiger partial charge in [-0.15, -0.1) is 0 Å². The Balaban J connectivity index is 1.16. The molecule has 2 aromatic carbocycles. The Kier molecular flexibility index (Phi) is 5.89. The van der Waals surface area contributed by atoms with Crippen LogP contribution in [0.2, 0.25) is 0 Å². The van der Waals surface area contributed by atoms with Crippen LogP contribution in [-0.4, -0.2) is 53.3 Å². The molecule has 1 amide bonds. The van der Waals surface area contributed by atoms with Gasteiger partial charge in [0.15, 0.2) is 11.5 Å². The summed E-state index contributed by atoms with van der Waals surface area (Å²) in [6.45, 7) is 4.55. The lowest BCUT2D eigenvalue weighted by Crippen LogP contribution is -2.41. The van der Waals surface area contributed by atoms with E-state index in [1.807, 2.05) is 26.0 Å². The molecular weight excluding hydrogens is 514 g/mol. The molecule has 0 saturated carbocycles. The molecule has 37 heavy (non-hydrogen) atoms. The molecule has 192 valence electrons. The van der Waals surface area contributed by atoms with Crippen molar-refractivity contribution >= 4 is 43.3 Å². The lowest BCUT2D eigenvalue weighted by Gasteiger charge is -2.30. The third-order valence-electron chi connectivity index (χ3n) is 6.62. The highest BCUT2D eigenvalue weighted by molar-refractivity contribution is 7.89. The van der Waals surface area contributed by atoms with Crippen molar-refractivity contribution in [3.05, 3.63) is 53.7 Å². The third-order valence-corrected chi connectivity index (χ3v) is 9.53. The maximum absolute atomic E-state index is 13.2. The summed E-state index contributed by atoms with van der Waals surface area (Å²) in [5.74, 6) is 1.40. The van der Waals surface area contributed by atoms with Crippen LogP contribution in [-0.2, 0) is 14.8 Å². The monoisotopic (exact) mass is 539 g/mol. The summed E-state index contributed by atoms with van der Waals surface area (Å²) in [6, 6.07) is 12.4. The number of benzene rings is 2. The Morgan fingerprint density at radius 3 is 2.49 bits per heavy atom. The van der Waals surface area contributed by atoms with Gasteiger partial charge in [-0.1, -0.05) is 29.0 Å². The Labute approximate surface area is 217 Å². The smallest absolute Gasteiger partial charge is 0.243 e. The van der Waals surface area contributed by atoms with Gasteiger partial charge in [-0.05, 0) is 38.8 Å². The molecule has 0 aliphatic carbocycles. The first-order valence-corrected chi connectivity index (χ1v) is 14.2. The topological polar surface area (TPSA) is 116 Å². The van der Waals surface area contributed by atoms with Crippen LogP contribution >= 0.6 is 11.3 Å². The third kappa shape index (κ3) is 4.45. The fourth-order valence-electron chi connectivity index (χ4n) is 4.58. The average molecular weight is 540 g/mol. The number of ether oxygens (including phenoxy) is 2. The fourth-order valence-corrected chi connectivity index (χ4v) is 6.99. The highest BCUT2D eigenvalue weighted by Crippen LogP contribution is 2.39. The summed E-state index contributed by atoms with van der Waals surface area (Å²) in [7, 11) is -3.58. The van der Waals surface area contributed by atoms with Gasteiger partial charge in [0.1, 0.15) is 5.82 Å². The number of sulfonamides is 1. The number of nitrogens with one attached hydrogen (secondary N) is 1. The zero-order chi connectivity index (χ0) is 25.7. The summed E-state index contributed by atoms with van der Waals surface area (Å²) in [5, 5.41) is 8.14. The van der Waals surface area contributed by atoms with Gasteiger partial charge >= 0.3 is 0 Å². The predicted molar refractivity (Wildman–Crippen MR) is 139 cm³/mol. The Morgan fingerprint density at radius 1 is 1.05 bits per heavy atom. The van der Waals surface area contributed by atoms with Crippen molar-refractivity contribution in [3.8, 4) is 16.6 Å². The minimum atomic E-state index is -3.58. The van der Waals surface area contributed by atoms with Crippen LogP contribution in [0.3, 0.4) is 0 Å². The van der Waals surface area contributed by atoms with Crippen LogP contribution in [0.5, 0.6) is 11.5 Å². The maximum atomic E-state index is 13.2. The number of thiazole rings is 1. The molecule has 2 aromatic heterocycles. The molecule has 1 fully saturated rings. The number of rotatable bonds is 5. The van der Waals surface area contributed by atoms with Gasteiger partial charge in [0.2, 0.25) is 27.9 Å². The molecule has 6 rings (SSSR count). The van der Waals surface area contributed by atoms with Crippen LogP contribution in [0.4, 0.5) is 5.82 Å². The maximum Gasteiger partial charge on any atom is 0.243 e. The molecule has 4 heterocycles. The van der Waals surface area contributed by atoms with E-state index in [0.29, 0.717) is 48.4 Å². The quantitative estimate of drug-likeness (QED) is 0.409. The van der Waals surface area contributed by atoms with Crippen molar-refractivity contribution in [2.45, 2.75) is 31.6 Å². The number of aromatic nitrogens is 3. The van der Waals surface area contributed by atoms with E-state index in [4.69, 9.17) is 9.47 Å². The number of carbonyl (C=O) groups excluding carboxylic acids is 1. The molecule has 0 radical (unpaired) electrons. The van der Waals surface area contributed by atoms with E-state index in [9.17, 15) is 13.2 Å². The van der Waals surface area contributed by atoms with Gasteiger partial charge in [-0.2, -0.15) is 14.1 Å². The second-order valence-electron chi connectivity index (χ2n) is 9.23. The van der Waals surface area contributed by atoms with Crippen molar-refractivity contribution in [1.29, 1.82) is 0 Å². The molecule has 0 atom stereocenters. The van der Waals surface area contributed by atoms with Crippen molar-refractivity contribution in [2.24, 2.45) is 5.92 Å². The number of fused-ring (bicyclic) bond motifs is 2. The summed E-state index contributed by atoms with van der Waals surface area (Å²) in [5.41, 5.74) is 2.50. The summed E-state index contributed by atoms with van der Waals surface area (Å²) >= 11 is 1.44. The van der Waals surface area contributed by atoms with Gasteiger partial charge in [0.05, 0.1) is 20.8 Å². The normalized spacial score (nSPS) is 16.4. The lowest BCUT2D eigenvalue weighted by atomic mass is 9.97. The van der Waals surface area contributed by atoms with Crippen LogP contribution in [0, 0.1) is 19.8 Å². The van der Waals surface area contributed by atoms with Crippen LogP contribution < -0.4 is 14.8 Å². The first-order chi connectivity index (χ1) is 17.8. The van der Waals surface area contributed by atoms with Gasteiger partial charge < -0.3 is 14.8 Å². The van der Waals surface area contributed by atoms with Crippen LogP contribution in [0.1, 0.15) is 24.1 Å². The molecule has 1 saturated heterocycles. The van der Waals surface area contributed by atoms with Crippen LogP contribution in [0.15, 0.2) is 47.4 Å². The van der Waals surface area contributed by atoms with Gasteiger partial charge in [0, 0.05) is 37.2 Å². The number of hydrogen-bond acceptors (Lipinski definition) is 8. The molecule has 0 spiro atoms. The highest BCUT2D eigenvalue weighted by atomic mass is 32.2. The molecular formula is C25H25N5O5S2. The zero-order valence-electron chi connectivity index (χ0n) is 20.3. The minimum Gasteiger partial charge on any atom is -0.454 e. The van der Waals surface area contributed by atoms with E-state index in [2.05, 4.69) is 15.4 Å². The summed E-state index contributed by atoms with van der Waals surface area (Å²) in [4.78, 5) is 18.1.